The van der Waals surface area contributed by atoms with Crippen LogP contribution >= 0.6 is 0 Å². The third kappa shape index (κ3) is 4.57. The second-order valence-corrected chi connectivity index (χ2v) is 9.49. The first-order valence-corrected chi connectivity index (χ1v) is 9.08. The zero-order valence-electron chi connectivity index (χ0n) is 17.0. The lowest BCUT2D eigenvalue weighted by Gasteiger charge is -2.41. The molecule has 1 aliphatic heterocycles. The molecule has 0 aliphatic carbocycles. The summed E-state index contributed by atoms with van der Waals surface area (Å²) in [4.78, 5) is 14.8. The second kappa shape index (κ2) is 6.67. The maximum absolute atomic E-state index is 13.0. The molecule has 1 aromatic heterocycles. The van der Waals surface area contributed by atoms with Crippen molar-refractivity contribution < 1.29 is 14.3 Å². The molecular formula is C20H34N2O3. The van der Waals surface area contributed by atoms with Gasteiger partial charge in [-0.3, -0.25) is 4.90 Å². The van der Waals surface area contributed by atoms with Crippen molar-refractivity contribution in [2.75, 3.05) is 6.61 Å². The Bertz CT molecular complexity index is 609. The molecule has 1 aliphatic rings. The maximum atomic E-state index is 13.0. The van der Waals surface area contributed by atoms with Crippen molar-refractivity contribution in [3.05, 3.63) is 24.0 Å². The van der Waals surface area contributed by atoms with Gasteiger partial charge in [-0.05, 0) is 52.7 Å². The summed E-state index contributed by atoms with van der Waals surface area (Å²) in [5.41, 5.74) is 0.162. The molecule has 1 saturated heterocycles. The molecule has 5 nitrogen and oxygen atoms in total. The fraction of sp³-hybridized carbons (Fsp3) is 0.750. The van der Waals surface area contributed by atoms with Crippen molar-refractivity contribution in [2.24, 2.45) is 12.5 Å². The quantitative estimate of drug-likeness (QED) is 0.814. The fourth-order valence-electron chi connectivity index (χ4n) is 3.30. The largest absolute Gasteiger partial charge is 0.444 e. The van der Waals surface area contributed by atoms with Crippen molar-refractivity contribution in [3.63, 3.8) is 0 Å². The van der Waals surface area contributed by atoms with Gasteiger partial charge in [0.2, 0.25) is 0 Å². The summed E-state index contributed by atoms with van der Waals surface area (Å²) < 4.78 is 13.9. The average Bonchev–Trinajstić information content (AvgIpc) is 2.98. The summed E-state index contributed by atoms with van der Waals surface area (Å²) in [6, 6.07) is 4.17. The van der Waals surface area contributed by atoms with E-state index in [2.05, 4.69) is 38.3 Å². The van der Waals surface area contributed by atoms with E-state index in [0.717, 1.165) is 12.8 Å². The van der Waals surface area contributed by atoms with Gasteiger partial charge in [-0.1, -0.05) is 20.8 Å². The minimum Gasteiger partial charge on any atom is -0.444 e. The number of amides is 1. The third-order valence-corrected chi connectivity index (χ3v) is 4.67. The summed E-state index contributed by atoms with van der Waals surface area (Å²) in [6.45, 7) is 14.6. The molecule has 0 N–H and O–H groups in total. The zero-order chi connectivity index (χ0) is 19.0. The number of carbonyl (C=O) groups excluding carboxylic acids is 1. The summed E-state index contributed by atoms with van der Waals surface area (Å²) in [5.74, 6) is 0. The predicted octanol–water partition coefficient (Wildman–Crippen LogP) is 4.36. The summed E-state index contributed by atoms with van der Waals surface area (Å²) in [6.07, 6.45) is 3.18. The van der Waals surface area contributed by atoms with Crippen molar-refractivity contribution in [1.29, 1.82) is 0 Å². The van der Waals surface area contributed by atoms with E-state index in [9.17, 15) is 4.79 Å². The summed E-state index contributed by atoms with van der Waals surface area (Å²) in [5, 5.41) is 0. The topological polar surface area (TPSA) is 43.7 Å². The molecule has 2 unspecified atom stereocenters. The van der Waals surface area contributed by atoms with E-state index in [1.165, 1.54) is 5.69 Å². The van der Waals surface area contributed by atoms with Crippen molar-refractivity contribution >= 4 is 6.09 Å². The highest BCUT2D eigenvalue weighted by Gasteiger charge is 2.51. The van der Waals surface area contributed by atoms with Gasteiger partial charge in [-0.15, -0.1) is 0 Å². The van der Waals surface area contributed by atoms with Crippen LogP contribution in [0.4, 0.5) is 4.79 Å². The van der Waals surface area contributed by atoms with Crippen LogP contribution in [0.2, 0.25) is 0 Å². The molecule has 25 heavy (non-hydrogen) atoms. The normalized spacial score (nSPS) is 24.6. The Balaban J connectivity index is 2.24. The molecule has 0 aromatic carbocycles. The molecule has 0 spiro atoms. The molecule has 2 rings (SSSR count). The molecule has 1 aromatic rings. The lowest BCUT2D eigenvalue weighted by atomic mass is 9.89. The standard InChI is InChI=1S/C20H34N2O3/c1-18(2,3)16-22(17(23)25-19(4,5)6)20(7,14-24-16)12-11-15-10-9-13-21(15)8/h9-10,13,16H,11-12,14H2,1-8H3. The smallest absolute Gasteiger partial charge is 0.412 e. The van der Waals surface area contributed by atoms with Gasteiger partial charge in [0.15, 0.2) is 0 Å². The van der Waals surface area contributed by atoms with E-state index >= 15 is 0 Å². The number of carbonyl (C=O) groups is 1. The molecule has 1 fully saturated rings. The van der Waals surface area contributed by atoms with Crippen LogP contribution in [0.25, 0.3) is 0 Å². The number of aryl methyl sites for hydroxylation is 2. The highest BCUT2D eigenvalue weighted by atomic mass is 16.6. The Hall–Kier alpha value is -1.49. The Kier molecular flexibility index (Phi) is 5.29. The third-order valence-electron chi connectivity index (χ3n) is 4.67. The van der Waals surface area contributed by atoms with Crippen LogP contribution < -0.4 is 0 Å². The number of hydrogen-bond acceptors (Lipinski definition) is 3. The lowest BCUT2D eigenvalue weighted by molar-refractivity contribution is -0.0640. The number of ether oxygens (including phenoxy) is 2. The van der Waals surface area contributed by atoms with Crippen LogP contribution in [0, 0.1) is 5.41 Å². The van der Waals surface area contributed by atoms with Gasteiger partial charge in [-0.25, -0.2) is 4.79 Å². The van der Waals surface area contributed by atoms with Crippen molar-refractivity contribution in [1.82, 2.24) is 9.47 Å². The molecule has 5 heteroatoms. The van der Waals surface area contributed by atoms with Crippen LogP contribution in [0.15, 0.2) is 18.3 Å². The minimum atomic E-state index is -0.527. The fourth-order valence-corrected chi connectivity index (χ4v) is 3.30. The molecule has 0 bridgehead atoms. The van der Waals surface area contributed by atoms with Gasteiger partial charge in [0.05, 0.1) is 12.1 Å². The van der Waals surface area contributed by atoms with Crippen LogP contribution in [0.1, 0.15) is 60.6 Å². The zero-order valence-corrected chi connectivity index (χ0v) is 17.0. The highest BCUT2D eigenvalue weighted by molar-refractivity contribution is 5.70. The maximum Gasteiger partial charge on any atom is 0.412 e. The Morgan fingerprint density at radius 1 is 1.32 bits per heavy atom. The molecular weight excluding hydrogens is 316 g/mol. The van der Waals surface area contributed by atoms with Gasteiger partial charge in [-0.2, -0.15) is 0 Å². The Morgan fingerprint density at radius 3 is 2.44 bits per heavy atom. The number of hydrogen-bond donors (Lipinski definition) is 0. The molecule has 2 heterocycles. The van der Waals surface area contributed by atoms with Gasteiger partial charge >= 0.3 is 6.09 Å². The first kappa shape index (κ1) is 19.8. The van der Waals surface area contributed by atoms with E-state index < -0.39 is 5.60 Å². The van der Waals surface area contributed by atoms with E-state index in [0.29, 0.717) is 6.61 Å². The van der Waals surface area contributed by atoms with Gasteiger partial charge in [0.25, 0.3) is 0 Å². The van der Waals surface area contributed by atoms with Crippen molar-refractivity contribution in [2.45, 2.75) is 78.7 Å². The molecule has 2 atom stereocenters. The van der Waals surface area contributed by atoms with Crippen LogP contribution in [-0.2, 0) is 22.9 Å². The average molecular weight is 351 g/mol. The Morgan fingerprint density at radius 2 is 1.96 bits per heavy atom. The van der Waals surface area contributed by atoms with E-state index in [4.69, 9.17) is 9.47 Å². The first-order chi connectivity index (χ1) is 11.3. The van der Waals surface area contributed by atoms with Crippen LogP contribution in [-0.4, -0.2) is 39.5 Å². The first-order valence-electron chi connectivity index (χ1n) is 9.08. The van der Waals surface area contributed by atoms with Gasteiger partial charge in [0.1, 0.15) is 11.8 Å². The summed E-state index contributed by atoms with van der Waals surface area (Å²) >= 11 is 0. The van der Waals surface area contributed by atoms with Crippen LogP contribution in [0.5, 0.6) is 0 Å². The molecule has 1 amide bonds. The van der Waals surface area contributed by atoms with E-state index in [-0.39, 0.29) is 23.3 Å². The summed E-state index contributed by atoms with van der Waals surface area (Å²) in [7, 11) is 2.05. The van der Waals surface area contributed by atoms with Gasteiger partial charge < -0.3 is 14.0 Å². The monoisotopic (exact) mass is 350 g/mol. The second-order valence-electron chi connectivity index (χ2n) is 9.49. The highest BCUT2D eigenvalue weighted by Crippen LogP contribution is 2.40. The predicted molar refractivity (Wildman–Crippen MR) is 99.4 cm³/mol. The van der Waals surface area contributed by atoms with E-state index in [1.807, 2.05) is 45.0 Å². The number of aromatic nitrogens is 1. The molecule has 142 valence electrons. The Labute approximate surface area is 152 Å². The minimum absolute atomic E-state index is 0.181. The van der Waals surface area contributed by atoms with Gasteiger partial charge in [0, 0.05) is 24.4 Å². The molecule has 0 radical (unpaired) electrons. The number of nitrogens with zero attached hydrogens (tertiary/aromatic N) is 2. The lowest BCUT2D eigenvalue weighted by Crippen LogP contribution is -2.55. The van der Waals surface area contributed by atoms with Crippen LogP contribution in [0.3, 0.4) is 0 Å². The van der Waals surface area contributed by atoms with E-state index in [1.54, 1.807) is 0 Å². The van der Waals surface area contributed by atoms with Crippen molar-refractivity contribution in [3.8, 4) is 0 Å². The SMILES string of the molecule is Cn1cccc1CCC1(C)COC(C(C)(C)C)N1C(=O)OC(C)(C)C. The number of rotatable bonds is 3. The molecule has 0 saturated carbocycles.